The summed E-state index contributed by atoms with van der Waals surface area (Å²) in [6.07, 6.45) is 0.584. The number of rotatable bonds is 8. The predicted octanol–water partition coefficient (Wildman–Crippen LogP) is 2.69. The minimum absolute atomic E-state index is 0.387. The second kappa shape index (κ2) is 8.11. The van der Waals surface area contributed by atoms with E-state index in [4.69, 9.17) is 4.74 Å². The lowest BCUT2D eigenvalue weighted by Crippen LogP contribution is -2.25. The van der Waals surface area contributed by atoms with Crippen molar-refractivity contribution in [2.24, 2.45) is 5.92 Å². The van der Waals surface area contributed by atoms with E-state index in [2.05, 4.69) is 38.2 Å². The number of anilines is 1. The van der Waals surface area contributed by atoms with E-state index in [0.29, 0.717) is 25.7 Å². The van der Waals surface area contributed by atoms with E-state index in [-0.39, 0.29) is 0 Å². The number of aryl methyl sites for hydroxylation is 1. The Morgan fingerprint density at radius 2 is 1.83 bits per heavy atom. The van der Waals surface area contributed by atoms with Gasteiger partial charge in [-0.15, -0.1) is 0 Å². The molecule has 3 nitrogen and oxygen atoms in total. The standard InChI is InChI=1S/C15H25NO2/c1-4-13-5-7-14(8-6-13)16-9-15(17)11-18-10-12(2)3/h5-8,12,15-17H,4,9-11H2,1-3H3. The Morgan fingerprint density at radius 3 is 2.39 bits per heavy atom. The molecular formula is C15H25NO2. The highest BCUT2D eigenvalue weighted by molar-refractivity contribution is 5.44. The zero-order valence-electron chi connectivity index (χ0n) is 11.6. The molecule has 0 heterocycles. The summed E-state index contributed by atoms with van der Waals surface area (Å²) in [4.78, 5) is 0. The number of hydrogen-bond acceptors (Lipinski definition) is 3. The Kier molecular flexibility index (Phi) is 6.76. The van der Waals surface area contributed by atoms with Crippen LogP contribution in [0.1, 0.15) is 26.3 Å². The minimum atomic E-state index is -0.463. The number of ether oxygens (including phenoxy) is 1. The highest BCUT2D eigenvalue weighted by Crippen LogP contribution is 2.09. The lowest BCUT2D eigenvalue weighted by molar-refractivity contribution is 0.0318. The zero-order valence-corrected chi connectivity index (χ0v) is 11.6. The van der Waals surface area contributed by atoms with Gasteiger partial charge in [0.25, 0.3) is 0 Å². The first-order valence-corrected chi connectivity index (χ1v) is 6.70. The van der Waals surface area contributed by atoms with Crippen LogP contribution in [0.25, 0.3) is 0 Å². The van der Waals surface area contributed by atoms with Crippen molar-refractivity contribution >= 4 is 5.69 Å². The van der Waals surface area contributed by atoms with E-state index in [0.717, 1.165) is 12.1 Å². The van der Waals surface area contributed by atoms with Crippen LogP contribution in [0.5, 0.6) is 0 Å². The van der Waals surface area contributed by atoms with Gasteiger partial charge in [0.05, 0.1) is 12.7 Å². The van der Waals surface area contributed by atoms with Crippen LogP contribution >= 0.6 is 0 Å². The maximum atomic E-state index is 9.74. The molecule has 0 aromatic heterocycles. The number of benzene rings is 1. The third-order valence-corrected chi connectivity index (χ3v) is 2.67. The molecule has 102 valence electrons. The van der Waals surface area contributed by atoms with Crippen molar-refractivity contribution in [1.29, 1.82) is 0 Å². The lowest BCUT2D eigenvalue weighted by atomic mass is 10.1. The number of hydrogen-bond donors (Lipinski definition) is 2. The van der Waals surface area contributed by atoms with Crippen LogP contribution in [0.3, 0.4) is 0 Å². The van der Waals surface area contributed by atoms with Crippen LogP contribution in [0.15, 0.2) is 24.3 Å². The normalized spacial score (nSPS) is 12.7. The van der Waals surface area contributed by atoms with Crippen LogP contribution in [0, 0.1) is 5.92 Å². The first-order valence-electron chi connectivity index (χ1n) is 6.70. The Labute approximate surface area is 110 Å². The van der Waals surface area contributed by atoms with Gasteiger partial charge >= 0.3 is 0 Å². The molecule has 1 atom stereocenters. The molecule has 18 heavy (non-hydrogen) atoms. The predicted molar refractivity (Wildman–Crippen MR) is 76.0 cm³/mol. The highest BCUT2D eigenvalue weighted by atomic mass is 16.5. The lowest BCUT2D eigenvalue weighted by Gasteiger charge is -2.14. The van der Waals surface area contributed by atoms with Gasteiger partial charge in [-0.05, 0) is 30.0 Å². The van der Waals surface area contributed by atoms with Gasteiger partial charge in [-0.25, -0.2) is 0 Å². The molecule has 0 fully saturated rings. The largest absolute Gasteiger partial charge is 0.389 e. The molecule has 1 unspecified atom stereocenters. The fourth-order valence-electron chi connectivity index (χ4n) is 1.59. The molecule has 1 aromatic carbocycles. The van der Waals surface area contributed by atoms with Crippen molar-refractivity contribution in [1.82, 2.24) is 0 Å². The molecule has 0 aliphatic carbocycles. The van der Waals surface area contributed by atoms with E-state index < -0.39 is 6.10 Å². The Hall–Kier alpha value is -1.06. The number of nitrogens with one attached hydrogen (secondary N) is 1. The summed E-state index contributed by atoms with van der Waals surface area (Å²) in [5.74, 6) is 0.506. The van der Waals surface area contributed by atoms with Crippen molar-refractivity contribution in [3.05, 3.63) is 29.8 Å². The van der Waals surface area contributed by atoms with Crippen LogP contribution in [-0.4, -0.2) is 31.0 Å². The van der Waals surface area contributed by atoms with Crippen molar-refractivity contribution in [3.63, 3.8) is 0 Å². The van der Waals surface area contributed by atoms with Gasteiger partial charge in [-0.2, -0.15) is 0 Å². The fraction of sp³-hybridized carbons (Fsp3) is 0.600. The van der Waals surface area contributed by atoms with Crippen LogP contribution in [-0.2, 0) is 11.2 Å². The summed E-state index contributed by atoms with van der Waals surface area (Å²) >= 11 is 0. The molecule has 1 aromatic rings. The summed E-state index contributed by atoms with van der Waals surface area (Å²) in [5.41, 5.74) is 2.36. The summed E-state index contributed by atoms with van der Waals surface area (Å²) < 4.78 is 5.39. The van der Waals surface area contributed by atoms with Crippen LogP contribution in [0.2, 0.25) is 0 Å². The molecule has 1 rings (SSSR count). The quantitative estimate of drug-likeness (QED) is 0.746. The second-order valence-electron chi connectivity index (χ2n) is 5.02. The van der Waals surface area contributed by atoms with E-state index in [1.807, 2.05) is 12.1 Å². The van der Waals surface area contributed by atoms with Gasteiger partial charge in [0.2, 0.25) is 0 Å². The van der Waals surface area contributed by atoms with Crippen molar-refractivity contribution in [2.75, 3.05) is 25.1 Å². The maximum absolute atomic E-state index is 9.74. The molecule has 0 bridgehead atoms. The maximum Gasteiger partial charge on any atom is 0.0945 e. The molecule has 0 radical (unpaired) electrons. The number of aliphatic hydroxyl groups is 1. The smallest absolute Gasteiger partial charge is 0.0945 e. The van der Waals surface area contributed by atoms with Gasteiger partial charge < -0.3 is 15.2 Å². The third-order valence-electron chi connectivity index (χ3n) is 2.67. The Bertz CT molecular complexity index is 322. The van der Waals surface area contributed by atoms with E-state index in [9.17, 15) is 5.11 Å². The van der Waals surface area contributed by atoms with E-state index >= 15 is 0 Å². The molecule has 0 amide bonds. The first-order chi connectivity index (χ1) is 8.61. The molecule has 0 saturated heterocycles. The molecule has 3 heteroatoms. The van der Waals surface area contributed by atoms with Gasteiger partial charge in [0.15, 0.2) is 0 Å². The molecule has 0 spiro atoms. The summed E-state index contributed by atoms with van der Waals surface area (Å²) in [7, 11) is 0. The molecule has 0 saturated carbocycles. The average molecular weight is 251 g/mol. The Balaban J connectivity index is 2.22. The topological polar surface area (TPSA) is 41.5 Å². The van der Waals surface area contributed by atoms with Crippen LogP contribution in [0.4, 0.5) is 5.69 Å². The second-order valence-corrected chi connectivity index (χ2v) is 5.02. The van der Waals surface area contributed by atoms with Gasteiger partial charge in [-0.1, -0.05) is 32.9 Å². The SMILES string of the molecule is CCc1ccc(NCC(O)COCC(C)C)cc1. The highest BCUT2D eigenvalue weighted by Gasteiger charge is 2.04. The summed E-state index contributed by atoms with van der Waals surface area (Å²) in [6, 6.07) is 8.29. The van der Waals surface area contributed by atoms with Crippen LogP contribution < -0.4 is 5.32 Å². The van der Waals surface area contributed by atoms with E-state index in [1.54, 1.807) is 0 Å². The third kappa shape index (κ3) is 6.03. The first kappa shape index (κ1) is 15.0. The monoisotopic (exact) mass is 251 g/mol. The van der Waals surface area contributed by atoms with Gasteiger partial charge in [-0.3, -0.25) is 0 Å². The average Bonchev–Trinajstić information content (AvgIpc) is 2.36. The van der Waals surface area contributed by atoms with Crippen molar-refractivity contribution in [3.8, 4) is 0 Å². The fourth-order valence-corrected chi connectivity index (χ4v) is 1.59. The Morgan fingerprint density at radius 1 is 1.17 bits per heavy atom. The van der Waals surface area contributed by atoms with Crippen molar-refractivity contribution in [2.45, 2.75) is 33.3 Å². The van der Waals surface area contributed by atoms with E-state index in [1.165, 1.54) is 5.56 Å². The minimum Gasteiger partial charge on any atom is -0.389 e. The van der Waals surface area contributed by atoms with Gasteiger partial charge in [0, 0.05) is 18.8 Å². The zero-order chi connectivity index (χ0) is 13.4. The van der Waals surface area contributed by atoms with Crippen molar-refractivity contribution < 1.29 is 9.84 Å². The molecule has 0 aliphatic rings. The number of aliphatic hydroxyl groups excluding tert-OH is 1. The summed E-state index contributed by atoms with van der Waals surface area (Å²) in [5, 5.41) is 12.9. The molecule has 0 aliphatic heterocycles. The molecule has 2 N–H and O–H groups in total. The summed E-state index contributed by atoms with van der Waals surface area (Å²) in [6.45, 7) is 7.93. The van der Waals surface area contributed by atoms with Gasteiger partial charge in [0.1, 0.15) is 0 Å². The molecular weight excluding hydrogens is 226 g/mol.